The molecule has 1 heterocycles. The van der Waals surface area contributed by atoms with E-state index in [9.17, 15) is 0 Å². The zero-order chi connectivity index (χ0) is 39.2. The summed E-state index contributed by atoms with van der Waals surface area (Å²) in [6.45, 7) is 4.71. The fraction of sp³-hybridized carbons (Fsp3) is 0.0526. The third-order valence-corrected chi connectivity index (χ3v) is 12.8. The van der Waals surface area contributed by atoms with E-state index < -0.39 is 0 Å². The molecule has 278 valence electrons. The van der Waals surface area contributed by atoms with Crippen LogP contribution in [0.25, 0.3) is 76.8 Å². The van der Waals surface area contributed by atoms with Crippen LogP contribution in [-0.2, 0) is 5.41 Å². The molecule has 0 amide bonds. The summed E-state index contributed by atoms with van der Waals surface area (Å²) < 4.78 is 7.15. The minimum atomic E-state index is -0.148. The second kappa shape index (κ2) is 12.8. The fourth-order valence-electron chi connectivity index (χ4n) is 9.88. The topological polar surface area (TPSA) is 12.5 Å². The SMILES string of the molecule is CC1(C)c2ccccc2-c2ccc(N(c3ccc4c(c3)Oc3ccc(-c5ccccc5)cc3-c3cc5ccccc5cc3-4)c3cc4ccccc4c4ccccc34)cc21. The highest BCUT2D eigenvalue weighted by Crippen LogP contribution is 2.54. The number of benzene rings is 10. The van der Waals surface area contributed by atoms with E-state index >= 15 is 0 Å². The van der Waals surface area contributed by atoms with Crippen LogP contribution >= 0.6 is 0 Å². The first-order chi connectivity index (χ1) is 29.0. The van der Waals surface area contributed by atoms with Gasteiger partial charge in [0.1, 0.15) is 11.5 Å². The van der Waals surface area contributed by atoms with Gasteiger partial charge in [0.25, 0.3) is 0 Å². The Morgan fingerprint density at radius 2 is 0.966 bits per heavy atom. The first kappa shape index (κ1) is 33.7. The van der Waals surface area contributed by atoms with Gasteiger partial charge in [-0.3, -0.25) is 0 Å². The lowest BCUT2D eigenvalue weighted by Gasteiger charge is -2.30. The quantitative estimate of drug-likeness (QED) is 0.166. The molecule has 1 aliphatic carbocycles. The van der Waals surface area contributed by atoms with E-state index in [1.165, 1.54) is 65.7 Å². The standard InChI is InChI=1S/C57H39NO/c1-57(2)52-23-13-12-21-45(52)46-27-25-41(34-53(46)57)58(54-33-40-18-8-9-19-43(40)44-20-10-11-22-47(44)54)42-26-28-48-49-30-37-16-6-7-17-38(37)31-50(49)51-32-39(36-14-4-3-5-15-36)24-29-55(51)59-56(48)35-42/h3-35H,1-2H3. The highest BCUT2D eigenvalue weighted by molar-refractivity contribution is 6.15. The van der Waals surface area contributed by atoms with Gasteiger partial charge in [-0.25, -0.2) is 0 Å². The molecule has 0 fully saturated rings. The van der Waals surface area contributed by atoms with Crippen LogP contribution in [-0.4, -0.2) is 0 Å². The molecule has 0 spiro atoms. The van der Waals surface area contributed by atoms with Gasteiger partial charge in [-0.05, 0) is 126 Å². The van der Waals surface area contributed by atoms with Crippen molar-refractivity contribution in [2.75, 3.05) is 4.90 Å². The van der Waals surface area contributed by atoms with Crippen molar-refractivity contribution < 1.29 is 4.74 Å². The van der Waals surface area contributed by atoms with Gasteiger partial charge in [0, 0.05) is 39.4 Å². The van der Waals surface area contributed by atoms with Gasteiger partial charge >= 0.3 is 0 Å². The van der Waals surface area contributed by atoms with Crippen LogP contribution in [0.15, 0.2) is 200 Å². The maximum absolute atomic E-state index is 7.15. The summed E-state index contributed by atoms with van der Waals surface area (Å²) >= 11 is 0. The van der Waals surface area contributed by atoms with Crippen LogP contribution in [0.1, 0.15) is 25.0 Å². The number of hydrogen-bond acceptors (Lipinski definition) is 2. The fourth-order valence-corrected chi connectivity index (χ4v) is 9.88. The minimum absolute atomic E-state index is 0.148. The number of nitrogens with zero attached hydrogens (tertiary/aromatic N) is 1. The van der Waals surface area contributed by atoms with Gasteiger partial charge in [-0.1, -0.05) is 153 Å². The summed E-state index contributed by atoms with van der Waals surface area (Å²) in [6, 6.07) is 73.2. The maximum Gasteiger partial charge on any atom is 0.137 e. The highest BCUT2D eigenvalue weighted by Gasteiger charge is 2.36. The Morgan fingerprint density at radius 1 is 0.356 bits per heavy atom. The van der Waals surface area contributed by atoms with Gasteiger partial charge in [0.15, 0.2) is 0 Å². The predicted octanol–water partition coefficient (Wildman–Crippen LogP) is 16.0. The van der Waals surface area contributed by atoms with Crippen LogP contribution in [0.4, 0.5) is 17.1 Å². The first-order valence-corrected chi connectivity index (χ1v) is 20.5. The summed E-state index contributed by atoms with van der Waals surface area (Å²) in [5.74, 6) is 1.67. The molecule has 0 saturated heterocycles. The molecule has 2 aliphatic rings. The van der Waals surface area contributed by atoms with Crippen LogP contribution in [0.5, 0.6) is 11.5 Å². The van der Waals surface area contributed by atoms with E-state index in [0.717, 1.165) is 50.8 Å². The Balaban J connectivity index is 1.10. The molecule has 59 heavy (non-hydrogen) atoms. The molecule has 0 atom stereocenters. The lowest BCUT2D eigenvalue weighted by molar-refractivity contribution is 0.488. The van der Waals surface area contributed by atoms with Crippen molar-refractivity contribution in [1.29, 1.82) is 0 Å². The van der Waals surface area contributed by atoms with Crippen molar-refractivity contribution in [2.45, 2.75) is 19.3 Å². The maximum atomic E-state index is 7.15. The molecule has 0 N–H and O–H groups in total. The number of hydrogen-bond donors (Lipinski definition) is 0. The third-order valence-electron chi connectivity index (χ3n) is 12.8. The van der Waals surface area contributed by atoms with Crippen LogP contribution < -0.4 is 9.64 Å². The number of ether oxygens (including phenoxy) is 1. The predicted molar refractivity (Wildman–Crippen MR) is 248 cm³/mol. The lowest BCUT2D eigenvalue weighted by atomic mass is 9.82. The van der Waals surface area contributed by atoms with Gasteiger partial charge in [-0.2, -0.15) is 0 Å². The van der Waals surface area contributed by atoms with E-state index in [-0.39, 0.29) is 5.41 Å². The molecule has 0 bridgehead atoms. The summed E-state index contributed by atoms with van der Waals surface area (Å²) in [7, 11) is 0. The summed E-state index contributed by atoms with van der Waals surface area (Å²) in [4.78, 5) is 2.45. The average molecular weight is 754 g/mol. The van der Waals surface area contributed by atoms with E-state index in [1.54, 1.807) is 0 Å². The third kappa shape index (κ3) is 5.20. The lowest BCUT2D eigenvalue weighted by Crippen LogP contribution is -2.16. The molecule has 2 heteroatoms. The van der Waals surface area contributed by atoms with E-state index in [0.29, 0.717) is 0 Å². The molecule has 2 nitrogen and oxygen atoms in total. The van der Waals surface area contributed by atoms with Crippen molar-refractivity contribution in [1.82, 2.24) is 0 Å². The zero-order valence-electron chi connectivity index (χ0n) is 32.9. The van der Waals surface area contributed by atoms with Gasteiger partial charge in [-0.15, -0.1) is 0 Å². The van der Waals surface area contributed by atoms with E-state index in [1.807, 2.05) is 0 Å². The summed E-state index contributed by atoms with van der Waals surface area (Å²) in [6.07, 6.45) is 0. The van der Waals surface area contributed by atoms with Gasteiger partial charge < -0.3 is 9.64 Å². The van der Waals surface area contributed by atoms with E-state index in [4.69, 9.17) is 4.74 Å². The molecular formula is C57H39NO. The molecule has 10 aromatic carbocycles. The summed E-state index contributed by atoms with van der Waals surface area (Å²) in [5.41, 5.74) is 15.3. The van der Waals surface area contributed by atoms with Crippen LogP contribution in [0.3, 0.4) is 0 Å². The minimum Gasteiger partial charge on any atom is -0.456 e. The molecule has 0 saturated carbocycles. The van der Waals surface area contributed by atoms with Crippen molar-refractivity contribution in [3.05, 3.63) is 211 Å². The van der Waals surface area contributed by atoms with Crippen molar-refractivity contribution in [3.8, 4) is 56.0 Å². The van der Waals surface area contributed by atoms with Gasteiger partial charge in [0.2, 0.25) is 0 Å². The van der Waals surface area contributed by atoms with Crippen molar-refractivity contribution in [3.63, 3.8) is 0 Å². The average Bonchev–Trinajstić information content (AvgIpc) is 3.42. The first-order valence-electron chi connectivity index (χ1n) is 20.5. The van der Waals surface area contributed by atoms with Crippen molar-refractivity contribution in [2.24, 2.45) is 0 Å². The van der Waals surface area contributed by atoms with Gasteiger partial charge in [0.05, 0.1) is 5.69 Å². The second-order valence-electron chi connectivity index (χ2n) is 16.5. The normalized spacial score (nSPS) is 13.2. The second-order valence-corrected chi connectivity index (χ2v) is 16.5. The monoisotopic (exact) mass is 753 g/mol. The Morgan fingerprint density at radius 3 is 1.76 bits per heavy atom. The van der Waals surface area contributed by atoms with Crippen LogP contribution in [0.2, 0.25) is 0 Å². The smallest absolute Gasteiger partial charge is 0.137 e. The number of fused-ring (bicyclic) bond motifs is 12. The summed E-state index contributed by atoms with van der Waals surface area (Å²) in [5, 5.41) is 7.29. The molecule has 0 radical (unpaired) electrons. The molecule has 10 aromatic rings. The van der Waals surface area contributed by atoms with Crippen molar-refractivity contribution >= 4 is 49.4 Å². The van der Waals surface area contributed by atoms with E-state index in [2.05, 4.69) is 219 Å². The molecule has 0 aromatic heterocycles. The Labute approximate surface area is 344 Å². The molecule has 12 rings (SSSR count). The number of rotatable bonds is 4. The van der Waals surface area contributed by atoms with Crippen LogP contribution in [0, 0.1) is 0 Å². The number of anilines is 3. The Bertz CT molecular complexity index is 3340. The Hall–Kier alpha value is -7.42. The molecule has 0 unspecified atom stereocenters. The zero-order valence-corrected chi connectivity index (χ0v) is 32.9. The molecular weight excluding hydrogens is 715 g/mol. The highest BCUT2D eigenvalue weighted by atomic mass is 16.5. The molecule has 1 aliphatic heterocycles. The largest absolute Gasteiger partial charge is 0.456 e. The Kier molecular flexibility index (Phi) is 7.31.